The lowest BCUT2D eigenvalue weighted by atomic mass is 10.2. The van der Waals surface area contributed by atoms with Crippen LogP contribution in [-0.2, 0) is 19.1 Å². The van der Waals surface area contributed by atoms with Crippen molar-refractivity contribution in [2.24, 2.45) is 0 Å². The van der Waals surface area contributed by atoms with Crippen molar-refractivity contribution in [3.05, 3.63) is 12.3 Å². The molecule has 1 rings (SSSR count). The van der Waals surface area contributed by atoms with E-state index < -0.39 is 5.60 Å². The summed E-state index contributed by atoms with van der Waals surface area (Å²) in [6.45, 7) is 18.2. The monoisotopic (exact) mass is 410 g/mol. The second kappa shape index (κ2) is 12.7. The van der Waals surface area contributed by atoms with Gasteiger partial charge in [-0.3, -0.25) is 19.5 Å². The largest absolute Gasteiger partial charge is 0.459 e. The highest BCUT2D eigenvalue weighted by molar-refractivity contribution is 5.72. The van der Waals surface area contributed by atoms with E-state index in [1.807, 2.05) is 27.7 Å². The fourth-order valence-corrected chi connectivity index (χ4v) is 3.21. The molecule has 0 radical (unpaired) electrons. The van der Waals surface area contributed by atoms with E-state index >= 15 is 0 Å². The number of rotatable bonds is 7. The molecule has 166 valence electrons. The molecule has 0 bridgehead atoms. The number of allylic oxidation sites excluding steroid dienone is 1. The normalized spacial score (nSPS) is 19.1. The van der Waals surface area contributed by atoms with Crippen molar-refractivity contribution in [2.45, 2.75) is 33.3 Å². The van der Waals surface area contributed by atoms with Gasteiger partial charge in [0, 0.05) is 58.1 Å². The quantitative estimate of drug-likeness (QED) is 0.443. The molecule has 0 aromatic rings. The summed E-state index contributed by atoms with van der Waals surface area (Å²) in [6, 6.07) is 0. The van der Waals surface area contributed by atoms with Crippen LogP contribution in [0.15, 0.2) is 12.3 Å². The lowest BCUT2D eigenvalue weighted by Crippen LogP contribution is -2.47. The minimum absolute atomic E-state index is 0.216. The first-order valence-corrected chi connectivity index (χ1v) is 10.3. The van der Waals surface area contributed by atoms with E-state index in [4.69, 9.17) is 4.74 Å². The van der Waals surface area contributed by atoms with Crippen LogP contribution in [-0.4, -0.2) is 116 Å². The van der Waals surface area contributed by atoms with E-state index in [1.165, 1.54) is 0 Å². The Hall–Kier alpha value is -1.77. The van der Waals surface area contributed by atoms with Gasteiger partial charge < -0.3 is 19.2 Å². The molecule has 8 nitrogen and oxygen atoms in total. The molecule has 1 aliphatic heterocycles. The van der Waals surface area contributed by atoms with Crippen LogP contribution in [0.5, 0.6) is 0 Å². The molecule has 1 heterocycles. The van der Waals surface area contributed by atoms with Crippen molar-refractivity contribution < 1.29 is 19.1 Å². The third kappa shape index (κ3) is 11.1. The zero-order valence-corrected chi connectivity index (χ0v) is 18.6. The molecule has 0 N–H and O–H groups in total. The highest BCUT2D eigenvalue weighted by atomic mass is 16.6. The van der Waals surface area contributed by atoms with Crippen LogP contribution in [0.3, 0.4) is 0 Å². The van der Waals surface area contributed by atoms with Gasteiger partial charge in [0.15, 0.2) is 0 Å². The standard InChI is InChI=1S/C21H38N4O4/c1-19(2)25-12-10-23(15-17-27)7-6-22(14-16-26)8-9-24(11-13-25)18-20(28)29-21(3,4)5/h16-17H,1,6-15,18H2,2-5H3. The van der Waals surface area contributed by atoms with Crippen LogP contribution >= 0.6 is 0 Å². The molecule has 0 amide bonds. The maximum atomic E-state index is 12.3. The summed E-state index contributed by atoms with van der Waals surface area (Å²) in [5.74, 6) is -0.245. The number of hydrogen-bond donors (Lipinski definition) is 0. The van der Waals surface area contributed by atoms with E-state index in [9.17, 15) is 14.4 Å². The van der Waals surface area contributed by atoms with Gasteiger partial charge in [-0.1, -0.05) is 6.58 Å². The molecule has 0 aromatic carbocycles. The number of carbonyl (C=O) groups is 3. The minimum atomic E-state index is -0.515. The number of nitrogens with zero attached hydrogens (tertiary/aromatic N) is 4. The fraction of sp³-hybridized carbons (Fsp3) is 0.762. The maximum absolute atomic E-state index is 12.3. The molecule has 0 unspecified atom stereocenters. The van der Waals surface area contributed by atoms with Crippen molar-refractivity contribution in [1.82, 2.24) is 19.6 Å². The van der Waals surface area contributed by atoms with Crippen LogP contribution in [0.2, 0.25) is 0 Å². The average molecular weight is 411 g/mol. The van der Waals surface area contributed by atoms with Gasteiger partial charge in [-0.05, 0) is 27.7 Å². The molecule has 0 spiro atoms. The third-order valence-corrected chi connectivity index (χ3v) is 4.82. The highest BCUT2D eigenvalue weighted by Gasteiger charge is 2.21. The van der Waals surface area contributed by atoms with E-state index in [1.54, 1.807) is 0 Å². The molecule has 0 aliphatic carbocycles. The van der Waals surface area contributed by atoms with Gasteiger partial charge in [0.1, 0.15) is 18.2 Å². The molecule has 8 heteroatoms. The summed E-state index contributed by atoms with van der Waals surface area (Å²) in [7, 11) is 0. The summed E-state index contributed by atoms with van der Waals surface area (Å²) < 4.78 is 5.48. The molecule has 1 aliphatic rings. The van der Waals surface area contributed by atoms with Crippen molar-refractivity contribution in [3.8, 4) is 0 Å². The zero-order chi connectivity index (χ0) is 21.9. The Labute approximate surface area is 175 Å². The molecule has 0 saturated carbocycles. The van der Waals surface area contributed by atoms with Gasteiger partial charge in [-0.2, -0.15) is 0 Å². The fourth-order valence-electron chi connectivity index (χ4n) is 3.21. The first-order chi connectivity index (χ1) is 13.6. The summed E-state index contributed by atoms with van der Waals surface area (Å²) in [5.41, 5.74) is 0.451. The summed E-state index contributed by atoms with van der Waals surface area (Å²) >= 11 is 0. The third-order valence-electron chi connectivity index (χ3n) is 4.82. The van der Waals surface area contributed by atoms with Gasteiger partial charge in [0.25, 0.3) is 0 Å². The Morgan fingerprint density at radius 2 is 1.28 bits per heavy atom. The number of carbonyl (C=O) groups excluding carboxylic acids is 3. The maximum Gasteiger partial charge on any atom is 0.320 e. The predicted octanol–water partition coefficient (Wildman–Crippen LogP) is 0.481. The number of aldehydes is 2. The summed E-state index contributed by atoms with van der Waals surface area (Å²) in [5, 5.41) is 0. The van der Waals surface area contributed by atoms with Crippen LogP contribution in [0.1, 0.15) is 27.7 Å². The highest BCUT2D eigenvalue weighted by Crippen LogP contribution is 2.09. The Kier molecular flexibility index (Phi) is 11.1. The Morgan fingerprint density at radius 1 is 0.862 bits per heavy atom. The summed E-state index contributed by atoms with van der Waals surface area (Å²) in [4.78, 5) is 42.9. The molecular weight excluding hydrogens is 372 g/mol. The SMILES string of the molecule is C=C(C)N1CCN(CC=O)CCN(CC=O)CCN(CC(=O)OC(C)(C)C)CC1. The van der Waals surface area contributed by atoms with E-state index in [0.29, 0.717) is 45.8 Å². The second-order valence-corrected chi connectivity index (χ2v) is 8.52. The lowest BCUT2D eigenvalue weighted by molar-refractivity contribution is -0.156. The molecule has 0 aromatic heterocycles. The van der Waals surface area contributed by atoms with Gasteiger partial charge >= 0.3 is 5.97 Å². The lowest BCUT2D eigenvalue weighted by Gasteiger charge is -2.34. The van der Waals surface area contributed by atoms with Gasteiger partial charge in [-0.15, -0.1) is 0 Å². The number of esters is 1. The second-order valence-electron chi connectivity index (χ2n) is 8.52. The zero-order valence-electron chi connectivity index (χ0n) is 18.6. The van der Waals surface area contributed by atoms with Crippen LogP contribution in [0, 0.1) is 0 Å². The predicted molar refractivity (Wildman–Crippen MR) is 114 cm³/mol. The topological polar surface area (TPSA) is 73.4 Å². The first kappa shape index (κ1) is 25.3. The van der Waals surface area contributed by atoms with Crippen molar-refractivity contribution in [2.75, 3.05) is 72.0 Å². The molecule has 1 saturated heterocycles. The smallest absolute Gasteiger partial charge is 0.320 e. The molecular formula is C21H38N4O4. The van der Waals surface area contributed by atoms with Crippen LogP contribution < -0.4 is 0 Å². The van der Waals surface area contributed by atoms with Gasteiger partial charge in [0.05, 0.1) is 19.6 Å². The molecule has 1 fully saturated rings. The van der Waals surface area contributed by atoms with Crippen molar-refractivity contribution >= 4 is 18.5 Å². The minimum Gasteiger partial charge on any atom is -0.459 e. The Bertz CT molecular complexity index is 547. The Morgan fingerprint density at radius 3 is 1.69 bits per heavy atom. The first-order valence-electron chi connectivity index (χ1n) is 10.3. The van der Waals surface area contributed by atoms with E-state index in [-0.39, 0.29) is 12.5 Å². The number of ether oxygens (including phenoxy) is 1. The Balaban J connectivity index is 2.87. The van der Waals surface area contributed by atoms with E-state index in [0.717, 1.165) is 37.9 Å². The van der Waals surface area contributed by atoms with Gasteiger partial charge in [0.2, 0.25) is 0 Å². The molecule has 29 heavy (non-hydrogen) atoms. The van der Waals surface area contributed by atoms with E-state index in [2.05, 4.69) is 26.2 Å². The molecule has 0 atom stereocenters. The average Bonchev–Trinajstić information content (AvgIpc) is 2.59. The van der Waals surface area contributed by atoms with Crippen LogP contribution in [0.4, 0.5) is 0 Å². The van der Waals surface area contributed by atoms with Crippen molar-refractivity contribution in [1.29, 1.82) is 0 Å². The van der Waals surface area contributed by atoms with Crippen molar-refractivity contribution in [3.63, 3.8) is 0 Å². The van der Waals surface area contributed by atoms with Crippen LogP contribution in [0.25, 0.3) is 0 Å². The summed E-state index contributed by atoms with van der Waals surface area (Å²) in [6.07, 6.45) is 1.82. The number of hydrogen-bond acceptors (Lipinski definition) is 8. The van der Waals surface area contributed by atoms with Gasteiger partial charge in [-0.25, -0.2) is 0 Å².